The third-order valence-corrected chi connectivity index (χ3v) is 2.02. The molecular formula is C7H8N4OS. The average Bonchev–Trinajstić information content (AvgIpc) is 2.61. The molecule has 5 nitrogen and oxygen atoms in total. The summed E-state index contributed by atoms with van der Waals surface area (Å²) >= 11 is 4.72. The Labute approximate surface area is 80.4 Å². The van der Waals surface area contributed by atoms with E-state index in [1.54, 1.807) is 4.68 Å². The highest BCUT2D eigenvalue weighted by Gasteiger charge is 2.22. The van der Waals surface area contributed by atoms with Gasteiger partial charge in [0.05, 0.1) is 0 Å². The van der Waals surface area contributed by atoms with E-state index in [1.165, 1.54) is 0 Å². The lowest BCUT2D eigenvalue weighted by Crippen LogP contribution is -2.00. The fraction of sp³-hybridized carbons (Fsp3) is 0.429. The molecule has 1 aromatic heterocycles. The SMILES string of the molecule is Cc1cc(C2N=NC(=S)O2)nn1C. The Hall–Kier alpha value is -1.30. The van der Waals surface area contributed by atoms with Crippen LogP contribution in [0.1, 0.15) is 17.6 Å². The first-order valence-corrected chi connectivity index (χ1v) is 4.19. The van der Waals surface area contributed by atoms with Crippen molar-refractivity contribution >= 4 is 17.4 Å². The molecule has 0 amide bonds. The molecule has 0 aliphatic carbocycles. The predicted molar refractivity (Wildman–Crippen MR) is 49.2 cm³/mol. The molecule has 0 bridgehead atoms. The van der Waals surface area contributed by atoms with E-state index >= 15 is 0 Å². The van der Waals surface area contributed by atoms with Crippen LogP contribution < -0.4 is 0 Å². The Balaban J connectivity index is 2.27. The second kappa shape index (κ2) is 2.88. The predicted octanol–water partition coefficient (Wildman–Crippen LogP) is 1.49. The van der Waals surface area contributed by atoms with E-state index < -0.39 is 6.23 Å². The normalized spacial score (nSPS) is 20.8. The van der Waals surface area contributed by atoms with Crippen LogP contribution in [0.5, 0.6) is 0 Å². The van der Waals surface area contributed by atoms with Crippen LogP contribution in [0.2, 0.25) is 0 Å². The third-order valence-electron chi connectivity index (χ3n) is 1.84. The Bertz CT molecular complexity index is 364. The van der Waals surface area contributed by atoms with Crippen molar-refractivity contribution in [3.8, 4) is 0 Å². The topological polar surface area (TPSA) is 51.8 Å². The van der Waals surface area contributed by atoms with E-state index in [0.29, 0.717) is 0 Å². The smallest absolute Gasteiger partial charge is 0.304 e. The zero-order valence-electron chi connectivity index (χ0n) is 7.26. The zero-order valence-corrected chi connectivity index (χ0v) is 8.08. The maximum atomic E-state index is 5.14. The Morgan fingerprint density at radius 3 is 2.85 bits per heavy atom. The largest absolute Gasteiger partial charge is 0.435 e. The molecule has 0 spiro atoms. The van der Waals surface area contributed by atoms with Crippen molar-refractivity contribution < 1.29 is 4.74 Å². The van der Waals surface area contributed by atoms with Gasteiger partial charge in [-0.3, -0.25) is 4.68 Å². The van der Waals surface area contributed by atoms with Crippen LogP contribution in [0.3, 0.4) is 0 Å². The van der Waals surface area contributed by atoms with E-state index in [1.807, 2.05) is 20.0 Å². The fourth-order valence-corrected chi connectivity index (χ4v) is 1.21. The first-order chi connectivity index (χ1) is 6.16. The number of rotatable bonds is 1. The van der Waals surface area contributed by atoms with Crippen molar-refractivity contribution in [2.24, 2.45) is 17.3 Å². The van der Waals surface area contributed by atoms with Gasteiger partial charge in [0.2, 0.25) is 0 Å². The minimum absolute atomic E-state index is 0.174. The number of azo groups is 1. The van der Waals surface area contributed by atoms with Crippen LogP contribution in [0, 0.1) is 6.92 Å². The number of nitrogens with zero attached hydrogens (tertiary/aromatic N) is 4. The summed E-state index contributed by atoms with van der Waals surface area (Å²) in [6.45, 7) is 1.96. The Morgan fingerprint density at radius 1 is 1.62 bits per heavy atom. The number of thiocarbonyl (C=S) groups is 1. The average molecular weight is 196 g/mol. The van der Waals surface area contributed by atoms with E-state index in [0.717, 1.165) is 11.4 Å². The number of aromatic nitrogens is 2. The van der Waals surface area contributed by atoms with Crippen molar-refractivity contribution in [1.82, 2.24) is 9.78 Å². The molecule has 0 radical (unpaired) electrons. The number of hydrogen-bond acceptors (Lipinski definition) is 4. The van der Waals surface area contributed by atoms with Gasteiger partial charge in [0.15, 0.2) is 0 Å². The quantitative estimate of drug-likeness (QED) is 0.639. The van der Waals surface area contributed by atoms with E-state index in [4.69, 9.17) is 17.0 Å². The molecule has 1 atom stereocenters. The molecule has 0 aromatic carbocycles. The van der Waals surface area contributed by atoms with Crippen LogP contribution in [0.25, 0.3) is 0 Å². The van der Waals surface area contributed by atoms with Crippen molar-refractivity contribution in [2.45, 2.75) is 13.2 Å². The van der Waals surface area contributed by atoms with Gasteiger partial charge in [-0.15, -0.1) is 10.2 Å². The van der Waals surface area contributed by atoms with Gasteiger partial charge in [-0.25, -0.2) is 0 Å². The molecule has 68 valence electrons. The summed E-state index contributed by atoms with van der Waals surface area (Å²) in [7, 11) is 1.86. The summed E-state index contributed by atoms with van der Waals surface area (Å²) in [5, 5.41) is 11.8. The summed E-state index contributed by atoms with van der Waals surface area (Å²) in [6.07, 6.45) is -0.451. The highest BCUT2D eigenvalue weighted by atomic mass is 32.1. The monoisotopic (exact) mass is 196 g/mol. The number of ether oxygens (including phenoxy) is 1. The molecule has 1 aliphatic heterocycles. The van der Waals surface area contributed by atoms with Crippen LogP contribution in [0.4, 0.5) is 0 Å². The maximum Gasteiger partial charge on any atom is 0.304 e. The van der Waals surface area contributed by atoms with Gasteiger partial charge in [-0.1, -0.05) is 0 Å². The molecule has 2 rings (SSSR count). The van der Waals surface area contributed by atoms with Gasteiger partial charge < -0.3 is 4.74 Å². The van der Waals surface area contributed by atoms with Gasteiger partial charge >= 0.3 is 5.17 Å². The summed E-state index contributed by atoms with van der Waals surface area (Å²) in [5.74, 6) is 0. The highest BCUT2D eigenvalue weighted by Crippen LogP contribution is 2.23. The van der Waals surface area contributed by atoms with Gasteiger partial charge in [0.1, 0.15) is 5.69 Å². The molecule has 13 heavy (non-hydrogen) atoms. The van der Waals surface area contributed by atoms with Crippen molar-refractivity contribution in [3.05, 3.63) is 17.5 Å². The van der Waals surface area contributed by atoms with Gasteiger partial charge in [-0.2, -0.15) is 5.10 Å². The first kappa shape index (κ1) is 8.31. The fourth-order valence-electron chi connectivity index (χ4n) is 1.07. The van der Waals surface area contributed by atoms with Crippen molar-refractivity contribution in [3.63, 3.8) is 0 Å². The molecule has 1 aromatic rings. The lowest BCUT2D eigenvalue weighted by Gasteiger charge is -2.00. The third kappa shape index (κ3) is 1.44. The standard InChI is InChI=1S/C7H8N4OS/c1-4-3-5(10-11(4)2)6-8-9-7(13)12-6/h3,6H,1-2H3. The Kier molecular flexibility index (Phi) is 1.84. The van der Waals surface area contributed by atoms with Gasteiger partial charge in [-0.05, 0) is 25.2 Å². The molecular weight excluding hydrogens is 188 g/mol. The summed E-state index contributed by atoms with van der Waals surface area (Å²) < 4.78 is 6.90. The summed E-state index contributed by atoms with van der Waals surface area (Å²) in [5.41, 5.74) is 1.79. The lowest BCUT2D eigenvalue weighted by molar-refractivity contribution is 0.221. The molecule has 1 aliphatic rings. The minimum atomic E-state index is -0.451. The van der Waals surface area contributed by atoms with E-state index in [9.17, 15) is 0 Å². The van der Waals surface area contributed by atoms with Gasteiger partial charge in [0, 0.05) is 12.7 Å². The molecule has 1 unspecified atom stereocenters. The molecule has 6 heteroatoms. The highest BCUT2D eigenvalue weighted by molar-refractivity contribution is 7.80. The number of hydrogen-bond donors (Lipinski definition) is 0. The van der Waals surface area contributed by atoms with Crippen LogP contribution in [-0.2, 0) is 11.8 Å². The van der Waals surface area contributed by atoms with E-state index in [2.05, 4.69) is 15.3 Å². The molecule has 0 N–H and O–H groups in total. The van der Waals surface area contributed by atoms with Crippen molar-refractivity contribution in [2.75, 3.05) is 0 Å². The molecule has 0 fully saturated rings. The molecule has 2 heterocycles. The minimum Gasteiger partial charge on any atom is -0.435 e. The Morgan fingerprint density at radius 2 is 2.38 bits per heavy atom. The zero-order chi connectivity index (χ0) is 9.42. The van der Waals surface area contributed by atoms with E-state index in [-0.39, 0.29) is 5.17 Å². The molecule has 0 saturated heterocycles. The maximum absolute atomic E-state index is 5.14. The molecule has 0 saturated carbocycles. The van der Waals surface area contributed by atoms with Gasteiger partial charge in [0.25, 0.3) is 6.23 Å². The van der Waals surface area contributed by atoms with Crippen molar-refractivity contribution in [1.29, 1.82) is 0 Å². The van der Waals surface area contributed by atoms with Crippen LogP contribution >= 0.6 is 12.2 Å². The van der Waals surface area contributed by atoms with Crippen LogP contribution in [0.15, 0.2) is 16.3 Å². The summed E-state index contributed by atoms with van der Waals surface area (Å²) in [4.78, 5) is 0. The summed E-state index contributed by atoms with van der Waals surface area (Å²) in [6, 6.07) is 1.90. The lowest BCUT2D eigenvalue weighted by atomic mass is 10.3. The van der Waals surface area contributed by atoms with Crippen LogP contribution in [-0.4, -0.2) is 15.0 Å². The second-order valence-electron chi connectivity index (χ2n) is 2.79. The number of aryl methyl sites for hydroxylation is 2. The second-order valence-corrected chi connectivity index (χ2v) is 3.14. The first-order valence-electron chi connectivity index (χ1n) is 3.79.